The van der Waals surface area contributed by atoms with Crippen molar-refractivity contribution in [2.24, 2.45) is 5.92 Å². The molecule has 1 heterocycles. The molecule has 0 saturated carbocycles. The van der Waals surface area contributed by atoms with E-state index in [1.165, 1.54) is 0 Å². The molecule has 0 spiro atoms. The number of hydrogen-bond donors (Lipinski definition) is 1. The van der Waals surface area contributed by atoms with Gasteiger partial charge in [0, 0.05) is 12.1 Å². The SMILES string of the molecule is CCC(C)(CC)N1CC(C)C(=O)NC1=O. The summed E-state index contributed by atoms with van der Waals surface area (Å²) in [5, 5.41) is 2.40. The number of nitrogens with zero attached hydrogens (tertiary/aromatic N) is 1. The van der Waals surface area contributed by atoms with Crippen LogP contribution in [0.25, 0.3) is 0 Å². The van der Waals surface area contributed by atoms with Crippen molar-refractivity contribution in [3.63, 3.8) is 0 Å². The highest BCUT2D eigenvalue weighted by molar-refractivity contribution is 5.98. The Labute approximate surface area is 91.0 Å². The van der Waals surface area contributed by atoms with E-state index in [1.807, 2.05) is 6.92 Å². The number of carbonyl (C=O) groups excluding carboxylic acids is 2. The highest BCUT2D eigenvalue weighted by atomic mass is 16.2. The Kier molecular flexibility index (Phi) is 3.37. The molecule has 1 rings (SSSR count). The average Bonchev–Trinajstić information content (AvgIpc) is 2.22. The molecule has 0 radical (unpaired) electrons. The summed E-state index contributed by atoms with van der Waals surface area (Å²) in [6.45, 7) is 8.58. The monoisotopic (exact) mass is 212 g/mol. The predicted octanol–water partition coefficient (Wildman–Crippen LogP) is 1.75. The van der Waals surface area contributed by atoms with Gasteiger partial charge >= 0.3 is 6.03 Å². The highest BCUT2D eigenvalue weighted by Crippen LogP contribution is 2.26. The fraction of sp³-hybridized carbons (Fsp3) is 0.818. The van der Waals surface area contributed by atoms with E-state index in [9.17, 15) is 9.59 Å². The van der Waals surface area contributed by atoms with Gasteiger partial charge in [0.15, 0.2) is 0 Å². The van der Waals surface area contributed by atoms with Crippen LogP contribution in [0.5, 0.6) is 0 Å². The summed E-state index contributed by atoms with van der Waals surface area (Å²) in [5.74, 6) is -0.272. The van der Waals surface area contributed by atoms with Crippen LogP contribution in [0.15, 0.2) is 0 Å². The number of nitrogens with one attached hydrogen (secondary N) is 1. The van der Waals surface area contributed by atoms with Gasteiger partial charge in [-0.25, -0.2) is 4.79 Å². The Morgan fingerprint density at radius 3 is 2.40 bits per heavy atom. The molecule has 0 aromatic rings. The van der Waals surface area contributed by atoms with Gasteiger partial charge in [0.2, 0.25) is 5.91 Å². The molecule has 3 amide bonds. The van der Waals surface area contributed by atoms with Crippen molar-refractivity contribution in [3.05, 3.63) is 0 Å². The van der Waals surface area contributed by atoms with Crippen LogP contribution in [-0.2, 0) is 4.79 Å². The van der Waals surface area contributed by atoms with Crippen molar-refractivity contribution in [2.45, 2.75) is 46.1 Å². The summed E-state index contributed by atoms with van der Waals surface area (Å²) in [5.41, 5.74) is -0.140. The Bertz CT molecular complexity index is 272. The molecule has 0 aromatic carbocycles. The standard InChI is InChI=1S/C11H20N2O2/c1-5-11(4,6-2)13-7-8(3)9(14)12-10(13)15/h8H,5-7H2,1-4H3,(H,12,14,15). The minimum Gasteiger partial charge on any atom is -0.318 e. The lowest BCUT2D eigenvalue weighted by Gasteiger charge is -2.43. The van der Waals surface area contributed by atoms with Gasteiger partial charge in [-0.15, -0.1) is 0 Å². The van der Waals surface area contributed by atoms with Crippen LogP contribution < -0.4 is 5.32 Å². The third-order valence-corrected chi connectivity index (χ3v) is 3.55. The van der Waals surface area contributed by atoms with Gasteiger partial charge in [-0.05, 0) is 19.8 Å². The van der Waals surface area contributed by atoms with Gasteiger partial charge in [0.1, 0.15) is 0 Å². The van der Waals surface area contributed by atoms with Gasteiger partial charge < -0.3 is 4.90 Å². The molecule has 1 atom stereocenters. The van der Waals surface area contributed by atoms with Crippen molar-refractivity contribution >= 4 is 11.9 Å². The Morgan fingerprint density at radius 1 is 1.40 bits per heavy atom. The molecular weight excluding hydrogens is 192 g/mol. The fourth-order valence-electron chi connectivity index (χ4n) is 1.83. The first-order valence-corrected chi connectivity index (χ1v) is 5.57. The maximum atomic E-state index is 11.7. The predicted molar refractivity (Wildman–Crippen MR) is 58.4 cm³/mol. The second-order valence-electron chi connectivity index (χ2n) is 4.51. The molecule has 1 saturated heterocycles. The maximum Gasteiger partial charge on any atom is 0.324 e. The lowest BCUT2D eigenvalue weighted by Crippen LogP contribution is -2.61. The first-order chi connectivity index (χ1) is 6.94. The Hall–Kier alpha value is -1.06. The molecule has 4 nitrogen and oxygen atoms in total. The molecule has 4 heteroatoms. The number of hydrogen-bond acceptors (Lipinski definition) is 2. The zero-order chi connectivity index (χ0) is 11.6. The minimum atomic E-state index is -0.246. The number of carbonyl (C=O) groups is 2. The normalized spacial score (nSPS) is 22.9. The van der Waals surface area contributed by atoms with E-state index in [2.05, 4.69) is 26.1 Å². The molecule has 0 aromatic heterocycles. The van der Waals surface area contributed by atoms with Crippen LogP contribution in [0, 0.1) is 5.92 Å². The van der Waals surface area contributed by atoms with Crippen LogP contribution in [-0.4, -0.2) is 28.9 Å². The molecule has 1 unspecified atom stereocenters. The molecule has 0 bridgehead atoms. The van der Waals surface area contributed by atoms with E-state index in [0.717, 1.165) is 12.8 Å². The van der Waals surface area contributed by atoms with E-state index < -0.39 is 0 Å². The molecule has 1 aliphatic rings. The van der Waals surface area contributed by atoms with Crippen LogP contribution >= 0.6 is 0 Å². The van der Waals surface area contributed by atoms with E-state index >= 15 is 0 Å². The summed E-state index contributed by atoms with van der Waals surface area (Å²) in [4.78, 5) is 24.8. The van der Waals surface area contributed by atoms with Crippen LogP contribution in [0.3, 0.4) is 0 Å². The van der Waals surface area contributed by atoms with E-state index in [4.69, 9.17) is 0 Å². The molecule has 1 N–H and O–H groups in total. The van der Waals surface area contributed by atoms with Crippen molar-refractivity contribution in [3.8, 4) is 0 Å². The van der Waals surface area contributed by atoms with Gasteiger partial charge in [-0.2, -0.15) is 0 Å². The Balaban J connectivity index is 2.86. The van der Waals surface area contributed by atoms with Crippen LogP contribution in [0.4, 0.5) is 4.79 Å². The molecular formula is C11H20N2O2. The summed E-state index contributed by atoms with van der Waals surface area (Å²) in [6, 6.07) is -0.246. The summed E-state index contributed by atoms with van der Waals surface area (Å²) in [7, 11) is 0. The maximum absolute atomic E-state index is 11.7. The molecule has 1 aliphatic heterocycles. The average molecular weight is 212 g/mol. The third-order valence-electron chi connectivity index (χ3n) is 3.55. The molecule has 15 heavy (non-hydrogen) atoms. The number of imide groups is 1. The van der Waals surface area contributed by atoms with Crippen LogP contribution in [0.1, 0.15) is 40.5 Å². The fourth-order valence-corrected chi connectivity index (χ4v) is 1.83. The second kappa shape index (κ2) is 4.21. The summed E-state index contributed by atoms with van der Waals surface area (Å²) in [6.07, 6.45) is 1.80. The zero-order valence-corrected chi connectivity index (χ0v) is 9.96. The topological polar surface area (TPSA) is 49.4 Å². The lowest BCUT2D eigenvalue weighted by atomic mass is 9.91. The molecule has 1 fully saturated rings. The van der Waals surface area contributed by atoms with Gasteiger partial charge in [-0.1, -0.05) is 20.8 Å². The van der Waals surface area contributed by atoms with Gasteiger partial charge in [0.05, 0.1) is 5.92 Å². The van der Waals surface area contributed by atoms with Gasteiger partial charge in [-0.3, -0.25) is 10.1 Å². The van der Waals surface area contributed by atoms with Crippen LogP contribution in [0.2, 0.25) is 0 Å². The Morgan fingerprint density at radius 2 is 1.93 bits per heavy atom. The summed E-state index contributed by atoms with van der Waals surface area (Å²) >= 11 is 0. The van der Waals surface area contributed by atoms with E-state index in [1.54, 1.807) is 4.90 Å². The first-order valence-electron chi connectivity index (χ1n) is 5.57. The first kappa shape index (κ1) is 12.0. The van der Waals surface area contributed by atoms with Crippen molar-refractivity contribution < 1.29 is 9.59 Å². The lowest BCUT2D eigenvalue weighted by molar-refractivity contribution is -0.126. The van der Waals surface area contributed by atoms with E-state index in [0.29, 0.717) is 6.54 Å². The van der Waals surface area contributed by atoms with E-state index in [-0.39, 0.29) is 23.4 Å². The number of rotatable bonds is 3. The third kappa shape index (κ3) is 2.13. The van der Waals surface area contributed by atoms with Crippen molar-refractivity contribution in [2.75, 3.05) is 6.54 Å². The molecule has 0 aliphatic carbocycles. The smallest absolute Gasteiger partial charge is 0.318 e. The minimum absolute atomic E-state index is 0.111. The van der Waals surface area contributed by atoms with Crippen molar-refractivity contribution in [1.82, 2.24) is 10.2 Å². The number of amides is 3. The number of urea groups is 1. The summed E-state index contributed by atoms with van der Waals surface area (Å²) < 4.78 is 0. The largest absolute Gasteiger partial charge is 0.324 e. The zero-order valence-electron chi connectivity index (χ0n) is 9.96. The molecule has 86 valence electrons. The second-order valence-corrected chi connectivity index (χ2v) is 4.51. The van der Waals surface area contributed by atoms with Gasteiger partial charge in [0.25, 0.3) is 0 Å². The quantitative estimate of drug-likeness (QED) is 0.774. The van der Waals surface area contributed by atoms with Crippen molar-refractivity contribution in [1.29, 1.82) is 0 Å². The highest BCUT2D eigenvalue weighted by Gasteiger charge is 2.38.